The van der Waals surface area contributed by atoms with Crippen LogP contribution in [-0.2, 0) is 4.79 Å². The molecule has 0 aliphatic heterocycles. The van der Waals surface area contributed by atoms with E-state index < -0.39 is 5.54 Å². The molecule has 0 aromatic carbocycles. The van der Waals surface area contributed by atoms with Gasteiger partial charge in [0, 0.05) is 0 Å². The van der Waals surface area contributed by atoms with Gasteiger partial charge in [0.1, 0.15) is 0 Å². The Hall–Kier alpha value is -0.410. The molecule has 0 saturated carbocycles. The fraction of sp³-hybridized carbons (Fsp3) is 0.889. The van der Waals surface area contributed by atoms with Gasteiger partial charge >= 0.3 is 0 Å². The molecule has 0 bridgehead atoms. The van der Waals surface area contributed by atoms with E-state index in [1.165, 1.54) is 0 Å². The fourth-order valence-corrected chi connectivity index (χ4v) is 1.35. The Kier molecular flexibility index (Phi) is 4.42. The topological polar surface area (TPSA) is 69.1 Å². The number of ketones is 1. The number of hydrogen-bond donors (Lipinski definition) is 2. The smallest absolute Gasteiger partial charge is 0.166 e. The summed E-state index contributed by atoms with van der Waals surface area (Å²) in [5, 5.41) is 0. The average molecular weight is 172 g/mol. The first kappa shape index (κ1) is 11.6. The van der Waals surface area contributed by atoms with Gasteiger partial charge in [-0.1, -0.05) is 27.2 Å². The fourth-order valence-electron chi connectivity index (χ4n) is 1.35. The maximum Gasteiger partial charge on any atom is 0.166 e. The second-order valence-electron chi connectivity index (χ2n) is 3.57. The van der Waals surface area contributed by atoms with E-state index in [1.54, 1.807) is 0 Å². The molecule has 72 valence electrons. The van der Waals surface area contributed by atoms with E-state index in [2.05, 4.69) is 0 Å². The van der Waals surface area contributed by atoms with E-state index in [1.807, 2.05) is 20.8 Å². The molecule has 0 aromatic rings. The molecule has 1 unspecified atom stereocenters. The Morgan fingerprint density at radius 2 is 2.00 bits per heavy atom. The second kappa shape index (κ2) is 4.58. The summed E-state index contributed by atoms with van der Waals surface area (Å²) in [6.07, 6.45) is 1.64. The van der Waals surface area contributed by atoms with Crippen LogP contribution in [0.15, 0.2) is 0 Å². The van der Waals surface area contributed by atoms with Crippen molar-refractivity contribution in [1.29, 1.82) is 0 Å². The normalized spacial score (nSPS) is 16.2. The van der Waals surface area contributed by atoms with E-state index >= 15 is 0 Å². The molecule has 0 aliphatic rings. The van der Waals surface area contributed by atoms with Crippen molar-refractivity contribution in [3.05, 3.63) is 0 Å². The van der Waals surface area contributed by atoms with Gasteiger partial charge in [-0.2, -0.15) is 0 Å². The predicted octanol–water partition coefficient (Wildman–Crippen LogP) is 0.668. The van der Waals surface area contributed by atoms with E-state index in [0.717, 1.165) is 12.8 Å². The van der Waals surface area contributed by atoms with Gasteiger partial charge in [0.05, 0.1) is 12.1 Å². The molecule has 1 atom stereocenters. The van der Waals surface area contributed by atoms with E-state index in [-0.39, 0.29) is 18.2 Å². The number of carbonyl (C=O) groups excluding carboxylic acids is 1. The van der Waals surface area contributed by atoms with Crippen LogP contribution >= 0.6 is 0 Å². The first-order valence-electron chi connectivity index (χ1n) is 4.51. The van der Waals surface area contributed by atoms with Crippen LogP contribution < -0.4 is 11.5 Å². The number of Topliss-reactive ketones (excluding diaryl/α,β-unsaturated/α-hetero) is 1. The number of rotatable bonds is 5. The first-order valence-corrected chi connectivity index (χ1v) is 4.51. The van der Waals surface area contributed by atoms with Crippen LogP contribution in [0.1, 0.15) is 33.6 Å². The van der Waals surface area contributed by atoms with Gasteiger partial charge in [-0.05, 0) is 12.3 Å². The molecule has 0 spiro atoms. The Bertz CT molecular complexity index is 157. The third kappa shape index (κ3) is 2.29. The zero-order valence-corrected chi connectivity index (χ0v) is 8.26. The molecule has 0 aliphatic carbocycles. The zero-order valence-electron chi connectivity index (χ0n) is 8.26. The van der Waals surface area contributed by atoms with Crippen molar-refractivity contribution < 1.29 is 4.79 Å². The van der Waals surface area contributed by atoms with Crippen molar-refractivity contribution in [3.8, 4) is 0 Å². The summed E-state index contributed by atoms with van der Waals surface area (Å²) in [7, 11) is 0. The Morgan fingerprint density at radius 3 is 2.25 bits per heavy atom. The Morgan fingerprint density at radius 1 is 1.50 bits per heavy atom. The van der Waals surface area contributed by atoms with Gasteiger partial charge in [-0.3, -0.25) is 4.79 Å². The quantitative estimate of drug-likeness (QED) is 0.640. The lowest BCUT2D eigenvalue weighted by molar-refractivity contribution is -0.124. The molecular formula is C9H20N2O. The van der Waals surface area contributed by atoms with Crippen LogP contribution in [0, 0.1) is 5.92 Å². The number of hydrogen-bond acceptors (Lipinski definition) is 3. The summed E-state index contributed by atoms with van der Waals surface area (Å²) >= 11 is 0. The Labute approximate surface area is 74.5 Å². The minimum absolute atomic E-state index is 0.0284. The molecule has 0 fully saturated rings. The zero-order chi connectivity index (χ0) is 9.78. The van der Waals surface area contributed by atoms with Gasteiger partial charge < -0.3 is 11.5 Å². The summed E-state index contributed by atoms with van der Waals surface area (Å²) in [5.41, 5.74) is 10.6. The summed E-state index contributed by atoms with van der Waals surface area (Å²) in [6.45, 7) is 5.99. The molecular weight excluding hydrogens is 152 g/mol. The van der Waals surface area contributed by atoms with Crippen molar-refractivity contribution in [2.75, 3.05) is 6.54 Å². The van der Waals surface area contributed by atoms with Crippen LogP contribution in [0.4, 0.5) is 0 Å². The van der Waals surface area contributed by atoms with Crippen molar-refractivity contribution >= 4 is 5.78 Å². The molecule has 3 nitrogen and oxygen atoms in total. The van der Waals surface area contributed by atoms with Crippen molar-refractivity contribution in [2.45, 2.75) is 39.2 Å². The third-order valence-corrected chi connectivity index (χ3v) is 2.40. The average Bonchev–Trinajstić information content (AvgIpc) is 2.03. The third-order valence-electron chi connectivity index (χ3n) is 2.40. The largest absolute Gasteiger partial charge is 0.324 e. The highest BCUT2D eigenvalue weighted by atomic mass is 16.1. The molecule has 0 radical (unpaired) electrons. The molecule has 3 heteroatoms. The van der Waals surface area contributed by atoms with Gasteiger partial charge in [-0.25, -0.2) is 0 Å². The Balaban J connectivity index is 4.49. The van der Waals surface area contributed by atoms with Gasteiger partial charge in [-0.15, -0.1) is 0 Å². The van der Waals surface area contributed by atoms with Crippen molar-refractivity contribution in [3.63, 3.8) is 0 Å². The lowest BCUT2D eigenvalue weighted by Crippen LogP contribution is -2.54. The predicted molar refractivity (Wildman–Crippen MR) is 50.7 cm³/mol. The van der Waals surface area contributed by atoms with Crippen LogP contribution in [0.5, 0.6) is 0 Å². The molecule has 12 heavy (non-hydrogen) atoms. The summed E-state index contributed by atoms with van der Waals surface area (Å²) in [4.78, 5) is 11.4. The van der Waals surface area contributed by atoms with Gasteiger partial charge in [0.25, 0.3) is 0 Å². The van der Waals surface area contributed by atoms with E-state index in [4.69, 9.17) is 11.5 Å². The summed E-state index contributed by atoms with van der Waals surface area (Å²) < 4.78 is 0. The maximum atomic E-state index is 11.4. The monoisotopic (exact) mass is 172 g/mol. The van der Waals surface area contributed by atoms with Crippen LogP contribution in [-0.4, -0.2) is 17.9 Å². The molecule has 0 rings (SSSR count). The number of nitrogens with two attached hydrogens (primary N) is 2. The molecule has 0 amide bonds. The SMILES string of the molecule is CCCC(N)(C(=O)CN)C(C)C. The van der Waals surface area contributed by atoms with Crippen molar-refractivity contribution in [1.82, 2.24) is 0 Å². The lowest BCUT2D eigenvalue weighted by Gasteiger charge is -2.31. The van der Waals surface area contributed by atoms with Gasteiger partial charge in [0.2, 0.25) is 0 Å². The maximum absolute atomic E-state index is 11.4. The highest BCUT2D eigenvalue weighted by molar-refractivity contribution is 5.90. The van der Waals surface area contributed by atoms with Crippen LogP contribution in [0.2, 0.25) is 0 Å². The van der Waals surface area contributed by atoms with Crippen LogP contribution in [0.25, 0.3) is 0 Å². The molecule has 4 N–H and O–H groups in total. The minimum atomic E-state index is -0.705. The van der Waals surface area contributed by atoms with Gasteiger partial charge in [0.15, 0.2) is 5.78 Å². The lowest BCUT2D eigenvalue weighted by atomic mass is 9.80. The summed E-state index contributed by atoms with van der Waals surface area (Å²) in [6, 6.07) is 0. The van der Waals surface area contributed by atoms with Crippen LogP contribution in [0.3, 0.4) is 0 Å². The minimum Gasteiger partial charge on any atom is -0.324 e. The molecule has 0 aromatic heterocycles. The molecule has 0 saturated heterocycles. The highest BCUT2D eigenvalue weighted by Gasteiger charge is 2.34. The standard InChI is InChI=1S/C9H20N2O/c1-4-5-9(11,7(2)3)8(12)6-10/h7H,4-6,10-11H2,1-3H3. The highest BCUT2D eigenvalue weighted by Crippen LogP contribution is 2.20. The molecule has 0 heterocycles. The van der Waals surface area contributed by atoms with E-state index in [0.29, 0.717) is 0 Å². The number of carbonyl (C=O) groups is 1. The first-order chi connectivity index (χ1) is 5.49. The summed E-state index contributed by atoms with van der Waals surface area (Å²) in [5.74, 6) is 0.132. The second-order valence-corrected chi connectivity index (χ2v) is 3.57. The van der Waals surface area contributed by atoms with Crippen molar-refractivity contribution in [2.24, 2.45) is 17.4 Å². The van der Waals surface area contributed by atoms with E-state index in [9.17, 15) is 4.79 Å².